The van der Waals surface area contributed by atoms with Gasteiger partial charge < -0.3 is 8.85 Å². The van der Waals surface area contributed by atoms with E-state index < -0.39 is 10.0 Å². The molecule has 0 spiro atoms. The third kappa shape index (κ3) is 10.4. The number of carbonyl (C=O) groups is 1. The van der Waals surface area contributed by atoms with Crippen molar-refractivity contribution in [3.63, 3.8) is 0 Å². The molecule has 0 saturated heterocycles. The van der Waals surface area contributed by atoms with Crippen LogP contribution in [0.3, 0.4) is 0 Å². The second-order valence-corrected chi connectivity index (χ2v) is 7.40. The van der Waals surface area contributed by atoms with Crippen LogP contribution < -0.4 is 0 Å². The Morgan fingerprint density at radius 1 is 0.950 bits per heavy atom. The molecule has 0 aliphatic carbocycles. The summed E-state index contributed by atoms with van der Waals surface area (Å²) in [7, 11) is 0.488. The maximum Gasteiger partial charge on any atom is 0.368 e. The molecule has 0 saturated carbocycles. The molecular weight excluding hydrogens is 268 g/mol. The summed E-state index contributed by atoms with van der Waals surface area (Å²) < 4.78 is 10.1. The molecule has 0 aromatic heterocycles. The Bertz CT molecular complexity index is 242. The lowest BCUT2D eigenvalue weighted by molar-refractivity contribution is -0.145. The Morgan fingerprint density at radius 3 is 1.95 bits per heavy atom. The van der Waals surface area contributed by atoms with E-state index in [4.69, 9.17) is 8.85 Å². The van der Waals surface area contributed by atoms with Crippen LogP contribution in [0.15, 0.2) is 0 Å². The fraction of sp³-hybridized carbons (Fsp3) is 0.938. The number of hydrogen-bond donors (Lipinski definition) is 0. The molecule has 0 heterocycles. The van der Waals surface area contributed by atoms with E-state index in [2.05, 4.69) is 6.92 Å². The number of unbranched alkanes of at least 4 members (excludes halogenated alkanes) is 8. The maximum absolute atomic E-state index is 11.8. The average molecular weight is 303 g/mol. The Morgan fingerprint density at radius 2 is 1.45 bits per heavy atom. The van der Waals surface area contributed by atoms with Gasteiger partial charge in [0, 0.05) is 7.11 Å². The molecule has 3 nitrogen and oxygen atoms in total. The monoisotopic (exact) mass is 302 g/mol. The van der Waals surface area contributed by atoms with Gasteiger partial charge in [0.05, 0.1) is 5.41 Å². The predicted octanol–water partition coefficient (Wildman–Crippen LogP) is 4.12. The van der Waals surface area contributed by atoms with E-state index >= 15 is 0 Å². The summed E-state index contributed by atoms with van der Waals surface area (Å²) in [5, 5.41) is 0. The van der Waals surface area contributed by atoms with Gasteiger partial charge in [-0.25, -0.2) is 0 Å². The van der Waals surface area contributed by atoms with Gasteiger partial charge in [-0.1, -0.05) is 64.7 Å². The van der Waals surface area contributed by atoms with Crippen molar-refractivity contribution in [3.8, 4) is 0 Å². The lowest BCUT2D eigenvalue weighted by atomic mass is 9.87. The first-order valence-electron chi connectivity index (χ1n) is 8.20. The van der Waals surface area contributed by atoms with Crippen LogP contribution in [0.25, 0.3) is 0 Å². The summed E-state index contributed by atoms with van der Waals surface area (Å²) >= 11 is 0. The van der Waals surface area contributed by atoms with Crippen molar-refractivity contribution in [2.75, 3.05) is 7.11 Å². The zero-order chi connectivity index (χ0) is 15.3. The molecule has 0 amide bonds. The second kappa shape index (κ2) is 12.4. The Balaban J connectivity index is 3.50. The van der Waals surface area contributed by atoms with E-state index in [-0.39, 0.29) is 11.4 Å². The standard InChI is InChI=1S/C16H34O3Si/c1-5-6-7-8-9-10-11-12-13-14-16(2,3)15(17)19-20-18-4/h5-14,20H2,1-4H3. The fourth-order valence-electron chi connectivity index (χ4n) is 2.29. The number of carbonyl (C=O) groups excluding carboxylic acids is 1. The average Bonchev–Trinajstić information content (AvgIpc) is 2.42. The smallest absolute Gasteiger partial charge is 0.368 e. The molecule has 0 aromatic carbocycles. The van der Waals surface area contributed by atoms with Crippen molar-refractivity contribution in [2.24, 2.45) is 5.41 Å². The maximum atomic E-state index is 11.8. The minimum Gasteiger partial charge on any atom is -0.499 e. The van der Waals surface area contributed by atoms with Crippen LogP contribution in [0.1, 0.15) is 85.0 Å². The third-order valence-corrected chi connectivity index (χ3v) is 4.38. The van der Waals surface area contributed by atoms with Crippen LogP contribution >= 0.6 is 0 Å². The van der Waals surface area contributed by atoms with Crippen molar-refractivity contribution in [2.45, 2.75) is 85.0 Å². The van der Waals surface area contributed by atoms with Crippen molar-refractivity contribution in [1.29, 1.82) is 0 Å². The topological polar surface area (TPSA) is 35.5 Å². The minimum absolute atomic E-state index is 0.0921. The highest BCUT2D eigenvalue weighted by molar-refractivity contribution is 6.22. The van der Waals surface area contributed by atoms with E-state index in [1.165, 1.54) is 51.4 Å². The van der Waals surface area contributed by atoms with Gasteiger partial charge in [-0.05, 0) is 20.3 Å². The quantitative estimate of drug-likeness (QED) is 0.379. The van der Waals surface area contributed by atoms with Crippen LogP contribution in [0.2, 0.25) is 0 Å². The summed E-state index contributed by atoms with van der Waals surface area (Å²) in [6.45, 7) is 6.20. The van der Waals surface area contributed by atoms with Gasteiger partial charge >= 0.3 is 10.0 Å². The molecule has 0 radical (unpaired) electrons. The van der Waals surface area contributed by atoms with Crippen molar-refractivity contribution in [1.82, 2.24) is 0 Å². The summed E-state index contributed by atoms with van der Waals surface area (Å²) in [5.74, 6) is -0.0921. The molecular formula is C16H34O3Si. The summed E-state index contributed by atoms with van der Waals surface area (Å²) in [5.41, 5.74) is -0.355. The molecule has 120 valence electrons. The molecule has 4 heteroatoms. The molecule has 0 fully saturated rings. The van der Waals surface area contributed by atoms with E-state index in [1.54, 1.807) is 7.11 Å². The third-order valence-electron chi connectivity index (χ3n) is 3.77. The molecule has 0 N–H and O–H groups in total. The highest BCUT2D eigenvalue weighted by Crippen LogP contribution is 2.25. The lowest BCUT2D eigenvalue weighted by Crippen LogP contribution is -2.28. The van der Waals surface area contributed by atoms with Gasteiger partial charge in [-0.3, -0.25) is 4.79 Å². The summed E-state index contributed by atoms with van der Waals surface area (Å²) in [6, 6.07) is 0. The Labute approximate surface area is 127 Å². The second-order valence-electron chi connectivity index (χ2n) is 6.30. The van der Waals surface area contributed by atoms with Gasteiger partial charge in [0.25, 0.3) is 5.97 Å². The SMILES string of the molecule is CCCCCCCCCCCC(C)(C)C(=O)O[SiH2]OC. The largest absolute Gasteiger partial charge is 0.499 e. The van der Waals surface area contributed by atoms with Gasteiger partial charge in [0.15, 0.2) is 0 Å². The van der Waals surface area contributed by atoms with Crippen LogP contribution in [0, 0.1) is 5.41 Å². The highest BCUT2D eigenvalue weighted by atomic mass is 28.3. The fourth-order valence-corrected chi connectivity index (χ4v) is 2.90. The predicted molar refractivity (Wildman–Crippen MR) is 87.3 cm³/mol. The number of hydrogen-bond acceptors (Lipinski definition) is 3. The zero-order valence-electron chi connectivity index (χ0n) is 14.0. The normalized spacial score (nSPS) is 12.2. The molecule has 20 heavy (non-hydrogen) atoms. The van der Waals surface area contributed by atoms with E-state index in [1.807, 2.05) is 13.8 Å². The molecule has 0 aromatic rings. The Hall–Kier alpha value is -0.353. The first kappa shape index (κ1) is 19.6. The van der Waals surface area contributed by atoms with E-state index in [0.717, 1.165) is 12.8 Å². The van der Waals surface area contributed by atoms with Crippen LogP contribution in [-0.2, 0) is 13.6 Å². The highest BCUT2D eigenvalue weighted by Gasteiger charge is 2.28. The molecule has 0 rings (SSSR count). The van der Waals surface area contributed by atoms with Crippen LogP contribution in [0.4, 0.5) is 0 Å². The lowest BCUT2D eigenvalue weighted by Gasteiger charge is -2.22. The minimum atomic E-state index is -1.10. The zero-order valence-corrected chi connectivity index (χ0v) is 15.4. The van der Waals surface area contributed by atoms with Crippen LogP contribution in [0.5, 0.6) is 0 Å². The van der Waals surface area contributed by atoms with Gasteiger partial charge in [-0.15, -0.1) is 0 Å². The molecule has 0 aliphatic rings. The van der Waals surface area contributed by atoms with Crippen LogP contribution in [-0.4, -0.2) is 23.1 Å². The molecule has 0 unspecified atom stereocenters. The van der Waals surface area contributed by atoms with Gasteiger partial charge in [0.2, 0.25) is 0 Å². The van der Waals surface area contributed by atoms with Crippen molar-refractivity contribution >= 4 is 16.0 Å². The van der Waals surface area contributed by atoms with Crippen molar-refractivity contribution < 1.29 is 13.6 Å². The summed E-state index contributed by atoms with van der Waals surface area (Å²) in [6.07, 6.45) is 12.7. The van der Waals surface area contributed by atoms with Crippen molar-refractivity contribution in [3.05, 3.63) is 0 Å². The first-order valence-corrected chi connectivity index (χ1v) is 9.36. The number of rotatable bonds is 13. The van der Waals surface area contributed by atoms with Gasteiger partial charge in [0.1, 0.15) is 0 Å². The van der Waals surface area contributed by atoms with Gasteiger partial charge in [-0.2, -0.15) is 0 Å². The first-order chi connectivity index (χ1) is 9.54. The summed E-state index contributed by atoms with van der Waals surface area (Å²) in [4.78, 5) is 11.8. The van der Waals surface area contributed by atoms with E-state index in [9.17, 15) is 4.79 Å². The van der Waals surface area contributed by atoms with E-state index in [0.29, 0.717) is 0 Å². The molecule has 0 aliphatic heterocycles. The Kier molecular flexibility index (Phi) is 12.2. The molecule has 0 atom stereocenters. The molecule has 0 bridgehead atoms.